The summed E-state index contributed by atoms with van der Waals surface area (Å²) in [5.41, 5.74) is 3.05. The van der Waals surface area contributed by atoms with Crippen LogP contribution in [0.5, 0.6) is 0 Å². The molecule has 1 fully saturated rings. The molecule has 1 saturated heterocycles. The number of carboxylic acid groups (broad SMARTS) is 1. The van der Waals surface area contributed by atoms with Crippen LogP contribution in [0.2, 0.25) is 0 Å². The number of piperidine rings is 1. The molecule has 1 heterocycles. The maximum Gasteiger partial charge on any atom is 0.317 e. The summed E-state index contributed by atoms with van der Waals surface area (Å²) in [7, 11) is 0. The van der Waals surface area contributed by atoms with Gasteiger partial charge >= 0.3 is 5.97 Å². The molecule has 0 saturated carbocycles. The number of carboxylic acids is 1. The third-order valence-electron chi connectivity index (χ3n) is 5.34. The van der Waals surface area contributed by atoms with Crippen molar-refractivity contribution in [2.75, 3.05) is 31.5 Å². The van der Waals surface area contributed by atoms with E-state index >= 15 is 0 Å². The predicted molar refractivity (Wildman–Crippen MR) is 103 cm³/mol. The Labute approximate surface area is 156 Å². The van der Waals surface area contributed by atoms with Crippen molar-refractivity contribution in [3.63, 3.8) is 0 Å². The van der Waals surface area contributed by atoms with Crippen molar-refractivity contribution < 1.29 is 14.7 Å². The summed E-state index contributed by atoms with van der Waals surface area (Å²) in [6, 6.07) is 6.13. The van der Waals surface area contributed by atoms with E-state index in [1.807, 2.05) is 50.8 Å². The van der Waals surface area contributed by atoms with E-state index in [4.69, 9.17) is 5.11 Å². The maximum atomic E-state index is 12.7. The lowest BCUT2D eigenvalue weighted by atomic mass is 10.0. The van der Waals surface area contributed by atoms with Gasteiger partial charge in [-0.15, -0.1) is 0 Å². The number of likely N-dealkylation sites (N-methyl/N-ethyl adjacent to an activating group) is 1. The van der Waals surface area contributed by atoms with Crippen LogP contribution in [0, 0.1) is 13.8 Å². The number of nitrogens with zero attached hydrogens (tertiary/aromatic N) is 2. The molecule has 1 aliphatic heterocycles. The molecule has 26 heavy (non-hydrogen) atoms. The molecular formula is C20H31N3O3. The van der Waals surface area contributed by atoms with Crippen LogP contribution in [-0.4, -0.2) is 65.0 Å². The van der Waals surface area contributed by atoms with Crippen LogP contribution in [0.25, 0.3) is 0 Å². The van der Waals surface area contributed by atoms with Crippen LogP contribution in [0.1, 0.15) is 37.8 Å². The van der Waals surface area contributed by atoms with Crippen molar-refractivity contribution in [3.05, 3.63) is 29.3 Å². The predicted octanol–water partition coefficient (Wildman–Crippen LogP) is 2.50. The second-order valence-corrected chi connectivity index (χ2v) is 7.21. The molecule has 1 unspecified atom stereocenters. The van der Waals surface area contributed by atoms with E-state index in [1.54, 1.807) is 0 Å². The van der Waals surface area contributed by atoms with Crippen LogP contribution < -0.4 is 5.32 Å². The number of anilines is 1. The molecule has 144 valence electrons. The van der Waals surface area contributed by atoms with Gasteiger partial charge in [0.05, 0.1) is 12.6 Å². The van der Waals surface area contributed by atoms with E-state index in [-0.39, 0.29) is 24.5 Å². The fourth-order valence-electron chi connectivity index (χ4n) is 3.58. The first-order valence-corrected chi connectivity index (χ1v) is 9.39. The Morgan fingerprint density at radius 1 is 1.31 bits per heavy atom. The van der Waals surface area contributed by atoms with Gasteiger partial charge in [-0.2, -0.15) is 0 Å². The lowest BCUT2D eigenvalue weighted by molar-refractivity contribution is -0.139. The van der Waals surface area contributed by atoms with Crippen LogP contribution in [-0.2, 0) is 9.59 Å². The average Bonchev–Trinajstić information content (AvgIpc) is 2.62. The van der Waals surface area contributed by atoms with Gasteiger partial charge in [-0.3, -0.25) is 19.4 Å². The lowest BCUT2D eigenvalue weighted by Gasteiger charge is -2.39. The largest absolute Gasteiger partial charge is 0.480 e. The smallest absolute Gasteiger partial charge is 0.317 e. The summed E-state index contributed by atoms with van der Waals surface area (Å²) in [6.07, 6.45) is 1.78. The highest BCUT2D eigenvalue weighted by Crippen LogP contribution is 2.20. The van der Waals surface area contributed by atoms with Crippen LogP contribution in [0.15, 0.2) is 18.2 Å². The van der Waals surface area contributed by atoms with Gasteiger partial charge in [0, 0.05) is 24.8 Å². The van der Waals surface area contributed by atoms with Crippen molar-refractivity contribution in [1.29, 1.82) is 0 Å². The highest BCUT2D eigenvalue weighted by atomic mass is 16.4. The highest BCUT2D eigenvalue weighted by molar-refractivity contribution is 5.95. The monoisotopic (exact) mass is 361 g/mol. The quantitative estimate of drug-likeness (QED) is 0.781. The number of likely N-dealkylation sites (tertiary alicyclic amines) is 1. The van der Waals surface area contributed by atoms with Gasteiger partial charge in [-0.25, -0.2) is 0 Å². The molecule has 2 rings (SSSR count). The SMILES string of the molecule is CCN(CC(=O)O)C1CCN(C(C)C(=O)Nc2cc(C)ccc2C)CC1. The first kappa shape index (κ1) is 20.4. The number of aryl methyl sites for hydroxylation is 2. The Bertz CT molecular complexity index is 639. The van der Waals surface area contributed by atoms with Crippen LogP contribution in [0.4, 0.5) is 5.69 Å². The third kappa shape index (κ3) is 5.29. The van der Waals surface area contributed by atoms with Crippen molar-refractivity contribution in [1.82, 2.24) is 9.80 Å². The van der Waals surface area contributed by atoms with E-state index in [0.29, 0.717) is 0 Å². The van der Waals surface area contributed by atoms with Gasteiger partial charge in [-0.05, 0) is 57.4 Å². The number of nitrogens with one attached hydrogen (secondary N) is 1. The first-order valence-electron chi connectivity index (χ1n) is 9.39. The minimum Gasteiger partial charge on any atom is -0.480 e. The summed E-state index contributed by atoms with van der Waals surface area (Å²) in [5.74, 6) is -0.773. The molecule has 0 aromatic heterocycles. The van der Waals surface area contributed by atoms with Crippen LogP contribution >= 0.6 is 0 Å². The Kier molecular flexibility index (Phi) is 7.17. The summed E-state index contributed by atoms with van der Waals surface area (Å²) in [5, 5.41) is 12.1. The zero-order chi connectivity index (χ0) is 19.3. The summed E-state index contributed by atoms with van der Waals surface area (Å²) in [4.78, 5) is 27.8. The number of carbonyl (C=O) groups excluding carboxylic acids is 1. The Hall–Kier alpha value is -1.92. The molecule has 1 atom stereocenters. The van der Waals surface area contributed by atoms with Crippen molar-refractivity contribution in [3.8, 4) is 0 Å². The normalized spacial score (nSPS) is 17.3. The minimum atomic E-state index is -0.782. The molecular weight excluding hydrogens is 330 g/mol. The van der Waals surface area contributed by atoms with Gasteiger partial charge < -0.3 is 10.4 Å². The molecule has 0 aliphatic carbocycles. The highest BCUT2D eigenvalue weighted by Gasteiger charge is 2.29. The van der Waals surface area contributed by atoms with Gasteiger partial charge in [0.15, 0.2) is 0 Å². The number of aliphatic carboxylic acids is 1. The van der Waals surface area contributed by atoms with Crippen LogP contribution in [0.3, 0.4) is 0 Å². The summed E-state index contributed by atoms with van der Waals surface area (Å²) in [6.45, 7) is 10.4. The van der Waals surface area contributed by atoms with E-state index in [1.165, 1.54) is 0 Å². The van der Waals surface area contributed by atoms with Crippen molar-refractivity contribution in [2.45, 2.75) is 52.6 Å². The molecule has 6 nitrogen and oxygen atoms in total. The average molecular weight is 361 g/mol. The molecule has 1 aromatic rings. The van der Waals surface area contributed by atoms with Gasteiger partial charge in [0.1, 0.15) is 0 Å². The van der Waals surface area contributed by atoms with Gasteiger partial charge in [0.25, 0.3) is 0 Å². The molecule has 1 aromatic carbocycles. The van der Waals surface area contributed by atoms with E-state index < -0.39 is 5.97 Å². The zero-order valence-corrected chi connectivity index (χ0v) is 16.3. The third-order valence-corrected chi connectivity index (χ3v) is 5.34. The Morgan fingerprint density at radius 3 is 2.54 bits per heavy atom. The molecule has 0 radical (unpaired) electrons. The maximum absolute atomic E-state index is 12.7. The molecule has 0 bridgehead atoms. The molecule has 0 spiro atoms. The number of hydrogen-bond donors (Lipinski definition) is 2. The number of rotatable bonds is 7. The van der Waals surface area contributed by atoms with Gasteiger partial charge in [-0.1, -0.05) is 19.1 Å². The molecule has 1 amide bonds. The topological polar surface area (TPSA) is 72.9 Å². The van der Waals surface area contributed by atoms with Gasteiger partial charge in [0.2, 0.25) is 5.91 Å². The van der Waals surface area contributed by atoms with E-state index in [0.717, 1.165) is 49.3 Å². The second-order valence-electron chi connectivity index (χ2n) is 7.21. The molecule has 1 aliphatic rings. The van der Waals surface area contributed by atoms with E-state index in [2.05, 4.69) is 10.2 Å². The number of carbonyl (C=O) groups is 2. The molecule has 2 N–H and O–H groups in total. The summed E-state index contributed by atoms with van der Waals surface area (Å²) < 4.78 is 0. The minimum absolute atomic E-state index is 0.00929. The lowest BCUT2D eigenvalue weighted by Crippen LogP contribution is -2.51. The fourth-order valence-corrected chi connectivity index (χ4v) is 3.58. The first-order chi connectivity index (χ1) is 12.3. The summed E-state index contributed by atoms with van der Waals surface area (Å²) >= 11 is 0. The zero-order valence-electron chi connectivity index (χ0n) is 16.3. The van der Waals surface area contributed by atoms with E-state index in [9.17, 15) is 9.59 Å². The Balaban J connectivity index is 1.91. The number of benzene rings is 1. The number of hydrogen-bond acceptors (Lipinski definition) is 4. The van der Waals surface area contributed by atoms with Crippen molar-refractivity contribution >= 4 is 17.6 Å². The molecule has 6 heteroatoms. The van der Waals surface area contributed by atoms with Crippen molar-refractivity contribution in [2.24, 2.45) is 0 Å². The fraction of sp³-hybridized carbons (Fsp3) is 0.600. The standard InChI is InChI=1S/C20H31N3O3/c1-5-22(13-19(24)25)17-8-10-23(11-9-17)16(4)20(26)21-18-12-14(2)6-7-15(18)3/h6-7,12,16-17H,5,8-11,13H2,1-4H3,(H,21,26)(H,24,25). The second kappa shape index (κ2) is 9.14. The Morgan fingerprint density at radius 2 is 1.96 bits per heavy atom. The number of amides is 1.